The lowest BCUT2D eigenvalue weighted by molar-refractivity contribution is 0.474. The van der Waals surface area contributed by atoms with E-state index in [2.05, 4.69) is 16.9 Å². The van der Waals surface area contributed by atoms with Crippen LogP contribution in [-0.4, -0.2) is 25.5 Å². The minimum atomic E-state index is -3.45. The predicted octanol–water partition coefficient (Wildman–Crippen LogP) is 6.78. The molecular weight excluding hydrogens is 420 g/mol. The van der Waals surface area contributed by atoms with Crippen molar-refractivity contribution in [3.63, 3.8) is 0 Å². The second-order valence-corrected chi connectivity index (χ2v) is 10.2. The number of benzene rings is 1. The van der Waals surface area contributed by atoms with Crippen LogP contribution in [0.4, 0.5) is 0 Å². The number of sulfonamides is 1. The van der Waals surface area contributed by atoms with Crippen LogP contribution in [0.25, 0.3) is 0 Å². The molecule has 30 heavy (non-hydrogen) atoms. The first-order valence-electron chi connectivity index (χ1n) is 11.5. The maximum absolute atomic E-state index is 12.0. The molecule has 2 N–H and O–H groups in total. The number of hydrogen-bond acceptors (Lipinski definition) is 4. The Morgan fingerprint density at radius 3 is 1.93 bits per heavy atom. The third-order valence-corrected chi connectivity index (χ3v) is 6.60. The lowest BCUT2D eigenvalue weighted by Gasteiger charge is -2.05. The van der Waals surface area contributed by atoms with E-state index in [1.807, 2.05) is 0 Å². The molecule has 0 aliphatic rings. The van der Waals surface area contributed by atoms with E-state index in [1.54, 1.807) is 6.07 Å². The van der Waals surface area contributed by atoms with Crippen LogP contribution in [0.15, 0.2) is 23.3 Å². The minimum Gasteiger partial charge on any atom is -0.507 e. The molecule has 7 heteroatoms. The fourth-order valence-electron chi connectivity index (χ4n) is 3.34. The molecule has 1 aromatic rings. The number of halogens is 1. The molecule has 172 valence electrons. The van der Waals surface area contributed by atoms with E-state index in [9.17, 15) is 13.5 Å². The lowest BCUT2D eigenvalue weighted by atomic mass is 10.0. The molecule has 0 saturated carbocycles. The van der Waals surface area contributed by atoms with Crippen LogP contribution < -0.4 is 4.83 Å². The van der Waals surface area contributed by atoms with Crippen LogP contribution in [-0.2, 0) is 10.0 Å². The van der Waals surface area contributed by atoms with E-state index < -0.39 is 10.0 Å². The summed E-state index contributed by atoms with van der Waals surface area (Å²) in [6.45, 7) is 2.25. The van der Waals surface area contributed by atoms with Gasteiger partial charge in [0.05, 0.1) is 12.0 Å². The van der Waals surface area contributed by atoms with Gasteiger partial charge in [-0.2, -0.15) is 5.10 Å². The van der Waals surface area contributed by atoms with Gasteiger partial charge in [0.2, 0.25) is 10.0 Å². The first-order valence-corrected chi connectivity index (χ1v) is 13.5. The van der Waals surface area contributed by atoms with Crippen molar-refractivity contribution >= 4 is 27.8 Å². The molecule has 0 fully saturated rings. The van der Waals surface area contributed by atoms with Crippen LogP contribution >= 0.6 is 11.6 Å². The van der Waals surface area contributed by atoms with Gasteiger partial charge in [0.15, 0.2) is 0 Å². The van der Waals surface area contributed by atoms with Crippen molar-refractivity contribution < 1.29 is 13.5 Å². The molecule has 0 heterocycles. The topological polar surface area (TPSA) is 78.8 Å². The lowest BCUT2D eigenvalue weighted by Crippen LogP contribution is -2.21. The Morgan fingerprint density at radius 2 is 1.40 bits per heavy atom. The smallest absolute Gasteiger partial charge is 0.247 e. The summed E-state index contributed by atoms with van der Waals surface area (Å²) in [4.78, 5) is 2.19. The van der Waals surface area contributed by atoms with Crippen LogP contribution in [0, 0.1) is 0 Å². The van der Waals surface area contributed by atoms with Gasteiger partial charge < -0.3 is 5.11 Å². The Kier molecular flexibility index (Phi) is 14.7. The zero-order valence-corrected chi connectivity index (χ0v) is 20.0. The van der Waals surface area contributed by atoms with E-state index in [4.69, 9.17) is 11.6 Å². The maximum Gasteiger partial charge on any atom is 0.247 e. The molecule has 0 saturated heterocycles. The summed E-state index contributed by atoms with van der Waals surface area (Å²) >= 11 is 5.85. The molecule has 0 aliphatic carbocycles. The van der Waals surface area contributed by atoms with Gasteiger partial charge in [-0.3, -0.25) is 0 Å². The van der Waals surface area contributed by atoms with E-state index >= 15 is 0 Å². The Hall–Kier alpha value is -1.27. The molecule has 1 rings (SSSR count). The number of hydrogen-bond donors (Lipinski definition) is 2. The standard InChI is InChI=1S/C23H39ClN2O3S/c1-2-3-4-5-6-7-8-9-10-11-12-13-14-15-18-30(28,29)26-25-20-21-19-22(24)16-17-23(21)27/h16-17,19-20,26-27H,2-15,18H2,1H3/b25-20+. The number of aromatic hydroxyl groups is 1. The van der Waals surface area contributed by atoms with Crippen molar-refractivity contribution in [1.82, 2.24) is 4.83 Å². The zero-order chi connectivity index (χ0) is 22.1. The molecule has 0 atom stereocenters. The largest absolute Gasteiger partial charge is 0.507 e. The maximum atomic E-state index is 12.0. The van der Waals surface area contributed by atoms with Gasteiger partial charge in [0.25, 0.3) is 0 Å². The SMILES string of the molecule is CCCCCCCCCCCCCCCCS(=O)(=O)N/N=C/c1cc(Cl)ccc1O. The van der Waals surface area contributed by atoms with Gasteiger partial charge in [0, 0.05) is 10.6 Å². The number of nitrogens with zero attached hydrogens (tertiary/aromatic N) is 1. The summed E-state index contributed by atoms with van der Waals surface area (Å²) in [5.74, 6) is 0.0542. The third-order valence-electron chi connectivity index (χ3n) is 5.15. The minimum absolute atomic E-state index is 0.00526. The van der Waals surface area contributed by atoms with Crippen LogP contribution in [0.5, 0.6) is 5.75 Å². The van der Waals surface area contributed by atoms with Gasteiger partial charge in [-0.05, 0) is 24.6 Å². The fourth-order valence-corrected chi connectivity index (χ4v) is 4.41. The normalized spacial score (nSPS) is 11.9. The number of phenolic OH excluding ortho intramolecular Hbond substituents is 1. The predicted molar refractivity (Wildman–Crippen MR) is 128 cm³/mol. The Morgan fingerprint density at radius 1 is 0.900 bits per heavy atom. The molecule has 0 radical (unpaired) electrons. The third kappa shape index (κ3) is 13.9. The summed E-state index contributed by atoms with van der Waals surface area (Å²) in [6, 6.07) is 4.50. The summed E-state index contributed by atoms with van der Waals surface area (Å²) < 4.78 is 24.0. The summed E-state index contributed by atoms with van der Waals surface area (Å²) in [5.41, 5.74) is 0.363. The summed E-state index contributed by atoms with van der Waals surface area (Å²) in [5, 5.41) is 13.8. The number of unbranched alkanes of at least 4 members (excludes halogenated alkanes) is 13. The number of hydrazone groups is 1. The van der Waals surface area contributed by atoms with Gasteiger partial charge >= 0.3 is 0 Å². The molecule has 0 bridgehead atoms. The van der Waals surface area contributed by atoms with E-state index in [0.29, 0.717) is 17.0 Å². The second-order valence-electron chi connectivity index (χ2n) is 7.97. The fraction of sp³-hybridized carbons (Fsp3) is 0.696. The highest BCUT2D eigenvalue weighted by Gasteiger charge is 2.08. The van der Waals surface area contributed by atoms with Crippen molar-refractivity contribution in [2.45, 2.75) is 96.8 Å². The molecule has 0 aromatic heterocycles. The highest BCUT2D eigenvalue weighted by atomic mass is 35.5. The van der Waals surface area contributed by atoms with E-state index in [1.165, 1.54) is 89.0 Å². The van der Waals surface area contributed by atoms with Gasteiger partial charge in [0.1, 0.15) is 5.75 Å². The summed E-state index contributed by atoms with van der Waals surface area (Å²) in [7, 11) is -3.45. The molecule has 0 amide bonds. The molecule has 1 aromatic carbocycles. The Bertz CT molecular complexity index is 708. The summed E-state index contributed by atoms with van der Waals surface area (Å²) in [6.07, 6.45) is 18.5. The first-order chi connectivity index (χ1) is 14.4. The van der Waals surface area contributed by atoms with Crippen LogP contribution in [0.3, 0.4) is 0 Å². The second kappa shape index (κ2) is 16.4. The average Bonchev–Trinajstić information content (AvgIpc) is 2.70. The van der Waals surface area contributed by atoms with Crippen molar-refractivity contribution in [3.05, 3.63) is 28.8 Å². The molecule has 0 spiro atoms. The molecule has 0 unspecified atom stereocenters. The van der Waals surface area contributed by atoms with Crippen molar-refractivity contribution in [3.8, 4) is 5.75 Å². The Balaban J connectivity index is 2.01. The van der Waals surface area contributed by atoms with Gasteiger partial charge in [-0.25, -0.2) is 13.2 Å². The Labute approximate surface area is 188 Å². The van der Waals surface area contributed by atoms with Crippen molar-refractivity contribution in [1.29, 1.82) is 0 Å². The monoisotopic (exact) mass is 458 g/mol. The zero-order valence-electron chi connectivity index (χ0n) is 18.4. The van der Waals surface area contributed by atoms with Gasteiger partial charge in [-0.15, -0.1) is 0 Å². The molecular formula is C23H39ClN2O3S. The highest BCUT2D eigenvalue weighted by Crippen LogP contribution is 2.19. The molecule has 0 aliphatic heterocycles. The average molecular weight is 459 g/mol. The van der Waals surface area contributed by atoms with Crippen LogP contribution in [0.1, 0.15) is 102 Å². The number of rotatable bonds is 18. The first kappa shape index (κ1) is 26.8. The van der Waals surface area contributed by atoms with Crippen molar-refractivity contribution in [2.75, 3.05) is 5.75 Å². The highest BCUT2D eigenvalue weighted by molar-refractivity contribution is 7.89. The van der Waals surface area contributed by atoms with E-state index in [-0.39, 0.29) is 11.5 Å². The van der Waals surface area contributed by atoms with Crippen LogP contribution in [0.2, 0.25) is 5.02 Å². The number of phenols is 1. The quantitative estimate of drug-likeness (QED) is 0.144. The molecule has 5 nitrogen and oxygen atoms in total. The number of nitrogens with one attached hydrogen (secondary N) is 1. The van der Waals surface area contributed by atoms with E-state index in [0.717, 1.165) is 12.8 Å². The van der Waals surface area contributed by atoms with Gasteiger partial charge in [-0.1, -0.05) is 102 Å². The van der Waals surface area contributed by atoms with Crippen molar-refractivity contribution in [2.24, 2.45) is 5.10 Å².